The Hall–Kier alpha value is -3.42. The second-order valence-electron chi connectivity index (χ2n) is 5.54. The molecule has 0 bridgehead atoms. The Morgan fingerprint density at radius 1 is 1.00 bits per heavy atom. The van der Waals surface area contributed by atoms with Crippen molar-refractivity contribution < 1.29 is 13.2 Å². The lowest BCUT2D eigenvalue weighted by molar-refractivity contribution is 0.116. The van der Waals surface area contributed by atoms with Gasteiger partial charge >= 0.3 is 6.43 Å². The van der Waals surface area contributed by atoms with Crippen LogP contribution in [0.1, 0.15) is 17.9 Å². The molecule has 0 aliphatic heterocycles. The molecule has 0 unspecified atom stereocenters. The summed E-state index contributed by atoms with van der Waals surface area (Å²) < 4.78 is 32.2. The van der Waals surface area contributed by atoms with Gasteiger partial charge in [-0.05, 0) is 17.7 Å². The van der Waals surface area contributed by atoms with Crippen LogP contribution >= 0.6 is 0 Å². The highest BCUT2D eigenvalue weighted by Crippen LogP contribution is 2.26. The first kappa shape index (κ1) is 16.1. The molecule has 0 spiro atoms. The number of benzene rings is 1. The van der Waals surface area contributed by atoms with Crippen LogP contribution in [0, 0.1) is 0 Å². The van der Waals surface area contributed by atoms with E-state index in [1.807, 2.05) is 41.1 Å². The maximum Gasteiger partial charge on any atom is 0.314 e. The smallest absolute Gasteiger partial charge is 0.314 e. The minimum absolute atomic E-state index is 0.0186. The van der Waals surface area contributed by atoms with Gasteiger partial charge in [0.25, 0.3) is 5.89 Å². The summed E-state index contributed by atoms with van der Waals surface area (Å²) in [6, 6.07) is 13.3. The number of imidazole rings is 1. The lowest BCUT2D eigenvalue weighted by Gasteiger charge is -2.08. The Kier molecular flexibility index (Phi) is 4.22. The molecule has 3 aromatic heterocycles. The van der Waals surface area contributed by atoms with E-state index in [9.17, 15) is 8.78 Å². The van der Waals surface area contributed by atoms with Gasteiger partial charge in [0, 0.05) is 30.7 Å². The zero-order chi connectivity index (χ0) is 17.9. The average Bonchev–Trinajstić information content (AvgIpc) is 3.32. The van der Waals surface area contributed by atoms with E-state index in [-0.39, 0.29) is 5.89 Å². The van der Waals surface area contributed by atoms with Crippen LogP contribution < -0.4 is 0 Å². The molecular weight excluding hydrogens is 340 g/mol. The Morgan fingerprint density at radius 3 is 2.62 bits per heavy atom. The summed E-state index contributed by atoms with van der Waals surface area (Å²) in [5, 5.41) is 7.02. The van der Waals surface area contributed by atoms with Crippen LogP contribution in [0.15, 0.2) is 65.5 Å². The Balaban J connectivity index is 1.66. The number of alkyl halides is 2. The van der Waals surface area contributed by atoms with Crippen LogP contribution in [0.2, 0.25) is 0 Å². The van der Waals surface area contributed by atoms with E-state index in [2.05, 4.69) is 20.2 Å². The van der Waals surface area contributed by atoms with Gasteiger partial charge in [0.2, 0.25) is 5.89 Å². The van der Waals surface area contributed by atoms with Crippen molar-refractivity contribution in [2.24, 2.45) is 0 Å². The summed E-state index contributed by atoms with van der Waals surface area (Å²) in [5.41, 5.74) is 2.21. The first-order valence-corrected chi connectivity index (χ1v) is 7.84. The van der Waals surface area contributed by atoms with Crippen molar-refractivity contribution in [3.63, 3.8) is 0 Å². The highest BCUT2D eigenvalue weighted by Gasteiger charge is 2.18. The third-order valence-electron chi connectivity index (χ3n) is 3.77. The van der Waals surface area contributed by atoms with Crippen molar-refractivity contribution >= 4 is 0 Å². The Morgan fingerprint density at radius 2 is 1.85 bits per heavy atom. The summed E-state index contributed by atoms with van der Waals surface area (Å²) in [6.45, 7) is 0.637. The van der Waals surface area contributed by atoms with E-state index in [0.29, 0.717) is 23.6 Å². The number of nitrogens with zero attached hydrogens (tertiary/aromatic N) is 5. The predicted octanol–water partition coefficient (Wildman–Crippen LogP) is 3.98. The van der Waals surface area contributed by atoms with Gasteiger partial charge in [-0.15, -0.1) is 10.2 Å². The standard InChI is InChI=1S/C18H13F2N5O/c19-15(20)18-24-23-17(26-18)13-6-7-21-14(10-13)16-22-8-9-25(16)11-12-4-2-1-3-5-12/h1-10,15H,11H2. The molecule has 4 rings (SSSR count). The van der Waals surface area contributed by atoms with Crippen molar-refractivity contribution in [1.29, 1.82) is 0 Å². The van der Waals surface area contributed by atoms with E-state index >= 15 is 0 Å². The van der Waals surface area contributed by atoms with E-state index in [1.54, 1.807) is 24.5 Å². The molecule has 8 heteroatoms. The number of pyridine rings is 1. The molecule has 0 N–H and O–H groups in total. The van der Waals surface area contributed by atoms with E-state index < -0.39 is 12.3 Å². The monoisotopic (exact) mass is 353 g/mol. The van der Waals surface area contributed by atoms with Crippen LogP contribution in [0.5, 0.6) is 0 Å². The molecule has 1 aromatic carbocycles. The maximum atomic E-state index is 12.6. The highest BCUT2D eigenvalue weighted by molar-refractivity contribution is 5.61. The molecule has 0 aliphatic carbocycles. The van der Waals surface area contributed by atoms with Gasteiger partial charge in [0.1, 0.15) is 5.69 Å². The average molecular weight is 353 g/mol. The minimum Gasteiger partial charge on any atom is -0.415 e. The normalized spacial score (nSPS) is 11.2. The second kappa shape index (κ2) is 6.83. The van der Waals surface area contributed by atoms with Crippen molar-refractivity contribution in [3.8, 4) is 23.0 Å². The fourth-order valence-corrected chi connectivity index (χ4v) is 2.58. The van der Waals surface area contributed by atoms with Crippen LogP contribution in [-0.4, -0.2) is 24.7 Å². The van der Waals surface area contributed by atoms with E-state index in [4.69, 9.17) is 4.42 Å². The van der Waals surface area contributed by atoms with Gasteiger partial charge in [-0.25, -0.2) is 4.98 Å². The van der Waals surface area contributed by atoms with Crippen LogP contribution in [0.3, 0.4) is 0 Å². The van der Waals surface area contributed by atoms with E-state index in [1.165, 1.54) is 0 Å². The number of hydrogen-bond acceptors (Lipinski definition) is 5. The molecule has 3 heterocycles. The third-order valence-corrected chi connectivity index (χ3v) is 3.77. The summed E-state index contributed by atoms with van der Waals surface area (Å²) in [4.78, 5) is 8.69. The van der Waals surface area contributed by atoms with Gasteiger partial charge in [0.15, 0.2) is 5.82 Å². The highest BCUT2D eigenvalue weighted by atomic mass is 19.3. The largest absolute Gasteiger partial charge is 0.415 e. The number of halogens is 2. The first-order valence-electron chi connectivity index (χ1n) is 7.84. The van der Waals surface area contributed by atoms with Gasteiger partial charge in [-0.1, -0.05) is 30.3 Å². The molecular formula is C18H13F2N5O. The molecule has 26 heavy (non-hydrogen) atoms. The van der Waals surface area contributed by atoms with Gasteiger partial charge in [0.05, 0.1) is 0 Å². The van der Waals surface area contributed by atoms with Crippen molar-refractivity contribution in [2.45, 2.75) is 13.0 Å². The summed E-state index contributed by atoms with van der Waals surface area (Å²) in [6.07, 6.45) is 2.30. The SMILES string of the molecule is FC(F)c1nnc(-c2ccnc(-c3nccn3Cc3ccccc3)c2)o1. The summed E-state index contributed by atoms with van der Waals surface area (Å²) in [5.74, 6) is -0.0293. The topological polar surface area (TPSA) is 69.6 Å². The van der Waals surface area contributed by atoms with E-state index in [0.717, 1.165) is 5.56 Å². The number of aromatic nitrogens is 5. The quantitative estimate of drug-likeness (QED) is 0.543. The van der Waals surface area contributed by atoms with Crippen LogP contribution in [0.4, 0.5) is 8.78 Å². The minimum atomic E-state index is -2.80. The second-order valence-corrected chi connectivity index (χ2v) is 5.54. The maximum absolute atomic E-state index is 12.6. The Labute approximate surface area is 147 Å². The molecule has 4 aromatic rings. The first-order chi connectivity index (χ1) is 12.7. The molecule has 0 radical (unpaired) electrons. The van der Waals surface area contributed by atoms with Crippen LogP contribution in [-0.2, 0) is 6.54 Å². The van der Waals surface area contributed by atoms with Crippen molar-refractivity contribution in [1.82, 2.24) is 24.7 Å². The van der Waals surface area contributed by atoms with Gasteiger partial charge < -0.3 is 8.98 Å². The fraction of sp³-hybridized carbons (Fsp3) is 0.111. The fourth-order valence-electron chi connectivity index (χ4n) is 2.58. The zero-order valence-corrected chi connectivity index (χ0v) is 13.5. The lowest BCUT2D eigenvalue weighted by atomic mass is 10.2. The summed E-state index contributed by atoms with van der Waals surface area (Å²) in [7, 11) is 0. The van der Waals surface area contributed by atoms with Gasteiger partial charge in [-0.2, -0.15) is 8.78 Å². The number of rotatable bonds is 5. The molecule has 0 aliphatic rings. The molecule has 0 atom stereocenters. The van der Waals surface area contributed by atoms with Crippen molar-refractivity contribution in [2.75, 3.05) is 0 Å². The van der Waals surface area contributed by atoms with Crippen LogP contribution in [0.25, 0.3) is 23.0 Å². The molecule has 0 saturated carbocycles. The molecule has 0 fully saturated rings. The number of hydrogen-bond donors (Lipinski definition) is 0. The lowest BCUT2D eigenvalue weighted by Crippen LogP contribution is -2.02. The molecule has 6 nitrogen and oxygen atoms in total. The molecule has 0 amide bonds. The third kappa shape index (κ3) is 3.21. The molecule has 0 saturated heterocycles. The summed E-state index contributed by atoms with van der Waals surface area (Å²) >= 11 is 0. The Bertz CT molecular complexity index is 1010. The van der Waals surface area contributed by atoms with Gasteiger partial charge in [-0.3, -0.25) is 4.98 Å². The predicted molar refractivity (Wildman–Crippen MR) is 89.3 cm³/mol. The van der Waals surface area contributed by atoms with Crippen molar-refractivity contribution in [3.05, 3.63) is 72.5 Å². The molecule has 130 valence electrons. The zero-order valence-electron chi connectivity index (χ0n) is 13.5.